The molecular formula is C16H33NO. The van der Waals surface area contributed by atoms with Gasteiger partial charge < -0.3 is 10.1 Å². The third kappa shape index (κ3) is 4.89. The first kappa shape index (κ1) is 16.0. The summed E-state index contributed by atoms with van der Waals surface area (Å²) in [6.45, 7) is 9.76. The van der Waals surface area contributed by atoms with Crippen LogP contribution < -0.4 is 5.32 Å². The van der Waals surface area contributed by atoms with E-state index in [0.29, 0.717) is 12.1 Å². The zero-order valence-electron chi connectivity index (χ0n) is 13.1. The topological polar surface area (TPSA) is 21.3 Å². The van der Waals surface area contributed by atoms with Crippen LogP contribution in [0.5, 0.6) is 0 Å². The van der Waals surface area contributed by atoms with Gasteiger partial charge in [0, 0.05) is 12.6 Å². The van der Waals surface area contributed by atoms with E-state index in [1.807, 2.05) is 0 Å². The van der Waals surface area contributed by atoms with Crippen molar-refractivity contribution < 1.29 is 4.74 Å². The van der Waals surface area contributed by atoms with Gasteiger partial charge in [-0.2, -0.15) is 0 Å². The van der Waals surface area contributed by atoms with Crippen LogP contribution in [0.3, 0.4) is 0 Å². The fourth-order valence-electron chi connectivity index (χ4n) is 3.31. The Morgan fingerprint density at radius 2 is 1.83 bits per heavy atom. The Labute approximate surface area is 114 Å². The summed E-state index contributed by atoms with van der Waals surface area (Å²) in [5.74, 6) is 0.975. The lowest BCUT2D eigenvalue weighted by atomic mass is 9.82. The number of hydrogen-bond acceptors (Lipinski definition) is 2. The van der Waals surface area contributed by atoms with Crippen molar-refractivity contribution >= 4 is 0 Å². The fraction of sp³-hybridized carbons (Fsp3) is 1.00. The monoisotopic (exact) mass is 255 g/mol. The number of nitrogens with one attached hydrogen (secondary N) is 1. The molecule has 0 saturated heterocycles. The average molecular weight is 255 g/mol. The van der Waals surface area contributed by atoms with Gasteiger partial charge in [0.1, 0.15) is 0 Å². The minimum Gasteiger partial charge on any atom is -0.376 e. The van der Waals surface area contributed by atoms with Crippen LogP contribution in [0.15, 0.2) is 0 Å². The van der Waals surface area contributed by atoms with Gasteiger partial charge in [-0.1, -0.05) is 46.5 Å². The minimum atomic E-state index is 0.208. The molecule has 2 unspecified atom stereocenters. The van der Waals surface area contributed by atoms with Gasteiger partial charge in [-0.15, -0.1) is 0 Å². The molecular weight excluding hydrogens is 222 g/mol. The van der Waals surface area contributed by atoms with E-state index in [1.165, 1.54) is 38.5 Å². The van der Waals surface area contributed by atoms with Gasteiger partial charge in [-0.05, 0) is 38.1 Å². The molecule has 0 bridgehead atoms. The quantitative estimate of drug-likeness (QED) is 0.742. The third-order valence-electron chi connectivity index (χ3n) is 4.30. The summed E-state index contributed by atoms with van der Waals surface area (Å²) in [5.41, 5.74) is 0.208. The number of ether oxygens (including phenoxy) is 1. The van der Waals surface area contributed by atoms with Crippen LogP contribution in [0.2, 0.25) is 0 Å². The van der Waals surface area contributed by atoms with Gasteiger partial charge in [-0.25, -0.2) is 0 Å². The highest BCUT2D eigenvalue weighted by Crippen LogP contribution is 2.32. The normalized spacial score (nSPS) is 21.2. The summed E-state index contributed by atoms with van der Waals surface area (Å²) in [4.78, 5) is 0. The molecule has 0 aromatic heterocycles. The largest absolute Gasteiger partial charge is 0.376 e. The second-order valence-corrected chi connectivity index (χ2v) is 6.86. The molecule has 1 aliphatic rings. The maximum atomic E-state index is 6.01. The van der Waals surface area contributed by atoms with Gasteiger partial charge in [0.25, 0.3) is 0 Å². The second kappa shape index (κ2) is 7.49. The minimum absolute atomic E-state index is 0.208. The summed E-state index contributed by atoms with van der Waals surface area (Å²) in [5, 5.41) is 3.49. The van der Waals surface area contributed by atoms with Crippen molar-refractivity contribution in [3.05, 3.63) is 0 Å². The second-order valence-electron chi connectivity index (χ2n) is 6.86. The first-order chi connectivity index (χ1) is 8.49. The lowest BCUT2D eigenvalue weighted by Gasteiger charge is -2.37. The Bertz CT molecular complexity index is 216. The summed E-state index contributed by atoms with van der Waals surface area (Å²) in [6, 6.07) is 0.491. The van der Waals surface area contributed by atoms with Crippen LogP contribution in [-0.4, -0.2) is 25.8 Å². The van der Waals surface area contributed by atoms with Crippen LogP contribution >= 0.6 is 0 Å². The van der Waals surface area contributed by atoms with Crippen molar-refractivity contribution in [1.29, 1.82) is 0 Å². The predicted octanol–water partition coefficient (Wildman–Crippen LogP) is 4.00. The zero-order valence-corrected chi connectivity index (χ0v) is 13.1. The molecule has 0 radical (unpaired) electrons. The zero-order chi connectivity index (χ0) is 13.6. The molecule has 18 heavy (non-hydrogen) atoms. The van der Waals surface area contributed by atoms with Crippen molar-refractivity contribution in [2.45, 2.75) is 78.4 Å². The highest BCUT2D eigenvalue weighted by atomic mass is 16.5. The number of rotatable bonds is 7. The van der Waals surface area contributed by atoms with Gasteiger partial charge in [-0.3, -0.25) is 0 Å². The molecule has 1 fully saturated rings. The molecule has 1 aliphatic carbocycles. The maximum absolute atomic E-state index is 6.01. The van der Waals surface area contributed by atoms with E-state index in [-0.39, 0.29) is 5.41 Å². The molecule has 0 aliphatic heterocycles. The van der Waals surface area contributed by atoms with Crippen molar-refractivity contribution in [2.24, 2.45) is 11.3 Å². The molecule has 0 spiro atoms. The Morgan fingerprint density at radius 3 is 2.28 bits per heavy atom. The van der Waals surface area contributed by atoms with Crippen molar-refractivity contribution in [2.75, 3.05) is 13.7 Å². The molecule has 2 heteroatoms. The lowest BCUT2D eigenvalue weighted by molar-refractivity contribution is -0.0369. The van der Waals surface area contributed by atoms with Crippen LogP contribution in [0, 0.1) is 11.3 Å². The first-order valence-electron chi connectivity index (χ1n) is 7.78. The average Bonchev–Trinajstić information content (AvgIpc) is 2.80. The van der Waals surface area contributed by atoms with E-state index >= 15 is 0 Å². The highest BCUT2D eigenvalue weighted by Gasteiger charge is 2.32. The standard InChI is InChI=1S/C16H33NO/c1-6-18-15(16(2,3)4)14(17-5)12-11-13-9-7-8-10-13/h13-15,17H,6-12H2,1-5H3. The summed E-state index contributed by atoms with van der Waals surface area (Å²) in [6.07, 6.45) is 8.73. The van der Waals surface area contributed by atoms with E-state index in [2.05, 4.69) is 40.1 Å². The molecule has 1 rings (SSSR count). The summed E-state index contributed by atoms with van der Waals surface area (Å²) >= 11 is 0. The Balaban J connectivity index is 2.49. The van der Waals surface area contributed by atoms with Gasteiger partial charge in [0.15, 0.2) is 0 Å². The van der Waals surface area contributed by atoms with E-state index in [9.17, 15) is 0 Å². The Hall–Kier alpha value is -0.0800. The Morgan fingerprint density at radius 1 is 1.22 bits per heavy atom. The van der Waals surface area contributed by atoms with Crippen molar-refractivity contribution in [3.8, 4) is 0 Å². The maximum Gasteiger partial charge on any atom is 0.0775 e. The molecule has 2 nitrogen and oxygen atoms in total. The lowest BCUT2D eigenvalue weighted by Crippen LogP contribution is -2.47. The molecule has 1 N–H and O–H groups in total. The molecule has 1 saturated carbocycles. The molecule has 0 aromatic carbocycles. The SMILES string of the molecule is CCOC(C(CCC1CCCC1)NC)C(C)(C)C. The third-order valence-corrected chi connectivity index (χ3v) is 4.30. The van der Waals surface area contributed by atoms with Gasteiger partial charge in [0.05, 0.1) is 6.10 Å². The molecule has 0 amide bonds. The van der Waals surface area contributed by atoms with Crippen LogP contribution in [0.25, 0.3) is 0 Å². The molecule has 2 atom stereocenters. The van der Waals surface area contributed by atoms with E-state index in [4.69, 9.17) is 4.74 Å². The number of likely N-dealkylation sites (N-methyl/N-ethyl adjacent to an activating group) is 1. The molecule has 0 aromatic rings. The molecule has 108 valence electrons. The number of hydrogen-bond donors (Lipinski definition) is 1. The summed E-state index contributed by atoms with van der Waals surface area (Å²) in [7, 11) is 2.08. The van der Waals surface area contributed by atoms with Gasteiger partial charge in [0.2, 0.25) is 0 Å². The van der Waals surface area contributed by atoms with Crippen molar-refractivity contribution in [3.63, 3.8) is 0 Å². The predicted molar refractivity (Wildman–Crippen MR) is 78.9 cm³/mol. The smallest absolute Gasteiger partial charge is 0.0775 e. The van der Waals surface area contributed by atoms with E-state index in [0.717, 1.165) is 12.5 Å². The van der Waals surface area contributed by atoms with Crippen LogP contribution in [0.4, 0.5) is 0 Å². The summed E-state index contributed by atoms with van der Waals surface area (Å²) < 4.78 is 6.01. The van der Waals surface area contributed by atoms with E-state index < -0.39 is 0 Å². The van der Waals surface area contributed by atoms with Crippen molar-refractivity contribution in [1.82, 2.24) is 5.32 Å². The highest BCUT2D eigenvalue weighted by molar-refractivity contribution is 4.86. The molecule has 0 heterocycles. The first-order valence-corrected chi connectivity index (χ1v) is 7.78. The van der Waals surface area contributed by atoms with Crippen LogP contribution in [0.1, 0.15) is 66.2 Å². The fourth-order valence-corrected chi connectivity index (χ4v) is 3.31. The van der Waals surface area contributed by atoms with E-state index in [1.54, 1.807) is 0 Å². The Kier molecular flexibility index (Phi) is 6.65. The van der Waals surface area contributed by atoms with Crippen LogP contribution in [-0.2, 0) is 4.74 Å². The van der Waals surface area contributed by atoms with Gasteiger partial charge >= 0.3 is 0 Å².